The van der Waals surface area contributed by atoms with Crippen LogP contribution in [0.5, 0.6) is 0 Å². The van der Waals surface area contributed by atoms with Crippen molar-refractivity contribution in [2.45, 2.75) is 13.0 Å². The van der Waals surface area contributed by atoms with Crippen molar-refractivity contribution in [2.75, 3.05) is 6.61 Å². The molecule has 2 aromatic carbocycles. The highest BCUT2D eigenvalue weighted by Crippen LogP contribution is 2.17. The van der Waals surface area contributed by atoms with Gasteiger partial charge >= 0.3 is 5.97 Å². The molecule has 2 rings (SSSR count). The van der Waals surface area contributed by atoms with Gasteiger partial charge in [-0.3, -0.25) is 4.79 Å². The van der Waals surface area contributed by atoms with E-state index in [1.54, 1.807) is 6.08 Å². The minimum atomic E-state index is -0.562. The maximum atomic E-state index is 11.8. The molecule has 0 fully saturated rings. The van der Waals surface area contributed by atoms with Gasteiger partial charge in [0.15, 0.2) is 6.61 Å². The molecular weight excluding hydrogens is 370 g/mol. The van der Waals surface area contributed by atoms with Crippen molar-refractivity contribution in [3.05, 3.63) is 76.3 Å². The molecule has 4 nitrogen and oxygen atoms in total. The fourth-order valence-corrected chi connectivity index (χ4v) is 2.48. The first kappa shape index (κ1) is 17.9. The lowest BCUT2D eigenvalue weighted by Crippen LogP contribution is -2.30. The molecular formula is C19H18BrNO3. The fraction of sp³-hybridized carbons (Fsp3) is 0.158. The molecule has 0 aliphatic rings. The van der Waals surface area contributed by atoms with Crippen molar-refractivity contribution in [1.29, 1.82) is 0 Å². The minimum absolute atomic E-state index is 0.145. The number of halogens is 1. The summed E-state index contributed by atoms with van der Waals surface area (Å²) in [6.45, 7) is 1.57. The third-order valence-corrected chi connectivity index (χ3v) is 4.05. The minimum Gasteiger partial charge on any atom is -0.452 e. The van der Waals surface area contributed by atoms with E-state index in [1.165, 1.54) is 6.08 Å². The van der Waals surface area contributed by atoms with Crippen LogP contribution in [0.15, 0.2) is 65.1 Å². The topological polar surface area (TPSA) is 55.4 Å². The average Bonchev–Trinajstić information content (AvgIpc) is 2.60. The number of ether oxygens (including phenoxy) is 1. The van der Waals surface area contributed by atoms with Crippen LogP contribution < -0.4 is 5.32 Å². The van der Waals surface area contributed by atoms with E-state index in [1.807, 2.05) is 61.5 Å². The molecule has 0 aliphatic heterocycles. The number of hydrogen-bond acceptors (Lipinski definition) is 3. The highest BCUT2D eigenvalue weighted by molar-refractivity contribution is 9.10. The van der Waals surface area contributed by atoms with Crippen LogP contribution in [0.4, 0.5) is 0 Å². The highest BCUT2D eigenvalue weighted by atomic mass is 79.9. The molecule has 1 amide bonds. The van der Waals surface area contributed by atoms with Crippen molar-refractivity contribution in [2.24, 2.45) is 0 Å². The Balaban J connectivity index is 1.79. The maximum Gasteiger partial charge on any atom is 0.331 e. The van der Waals surface area contributed by atoms with Crippen molar-refractivity contribution in [1.82, 2.24) is 5.32 Å². The van der Waals surface area contributed by atoms with Gasteiger partial charge in [-0.1, -0.05) is 64.5 Å². The lowest BCUT2D eigenvalue weighted by molar-refractivity contribution is -0.144. The number of hydrogen-bond donors (Lipinski definition) is 1. The number of rotatable bonds is 6. The second kappa shape index (κ2) is 9.03. The van der Waals surface area contributed by atoms with Gasteiger partial charge in [-0.25, -0.2) is 4.79 Å². The zero-order valence-electron chi connectivity index (χ0n) is 13.2. The molecule has 5 heteroatoms. The second-order valence-corrected chi connectivity index (χ2v) is 6.02. The predicted molar refractivity (Wildman–Crippen MR) is 97.1 cm³/mol. The molecule has 2 aromatic rings. The number of amides is 1. The molecule has 0 saturated carbocycles. The standard InChI is InChI=1S/C19H18BrNO3/c1-14(15-7-3-2-4-8-15)21-18(22)13-24-19(23)12-11-16-9-5-6-10-17(16)20/h2-12,14H,13H2,1H3,(H,21,22)/b12-11+/t14-/m0/s1. The van der Waals surface area contributed by atoms with Gasteiger partial charge in [-0.05, 0) is 30.2 Å². The molecule has 0 radical (unpaired) electrons. The largest absolute Gasteiger partial charge is 0.452 e. The lowest BCUT2D eigenvalue weighted by atomic mass is 10.1. The first-order valence-electron chi connectivity index (χ1n) is 7.50. The molecule has 124 valence electrons. The van der Waals surface area contributed by atoms with E-state index >= 15 is 0 Å². The highest BCUT2D eigenvalue weighted by Gasteiger charge is 2.10. The number of carbonyl (C=O) groups excluding carboxylic acids is 2. The summed E-state index contributed by atoms with van der Waals surface area (Å²) >= 11 is 3.39. The third kappa shape index (κ3) is 5.66. The first-order valence-corrected chi connectivity index (χ1v) is 8.29. The number of nitrogens with one attached hydrogen (secondary N) is 1. The molecule has 0 saturated heterocycles. The Kier molecular flexibility index (Phi) is 6.75. The Labute approximate surface area is 149 Å². The SMILES string of the molecule is C[C@H](NC(=O)COC(=O)/C=C/c1ccccc1Br)c1ccccc1. The van der Waals surface area contributed by atoms with E-state index in [4.69, 9.17) is 4.74 Å². The van der Waals surface area contributed by atoms with E-state index in [9.17, 15) is 9.59 Å². The van der Waals surface area contributed by atoms with Gasteiger partial charge in [-0.2, -0.15) is 0 Å². The Morgan fingerprint density at radius 1 is 1.12 bits per heavy atom. The fourth-order valence-electron chi connectivity index (χ4n) is 2.06. The number of esters is 1. The number of benzene rings is 2. The Morgan fingerprint density at radius 2 is 1.79 bits per heavy atom. The summed E-state index contributed by atoms with van der Waals surface area (Å²) in [6.07, 6.45) is 2.94. The van der Waals surface area contributed by atoms with Gasteiger partial charge in [0.05, 0.1) is 6.04 Å². The molecule has 0 spiro atoms. The van der Waals surface area contributed by atoms with Crippen LogP contribution in [0.2, 0.25) is 0 Å². The van der Waals surface area contributed by atoms with Crippen LogP contribution in [0.1, 0.15) is 24.1 Å². The Bertz CT molecular complexity index is 728. The van der Waals surface area contributed by atoms with Crippen LogP contribution in [0.25, 0.3) is 6.08 Å². The van der Waals surface area contributed by atoms with Crippen LogP contribution in [0.3, 0.4) is 0 Å². The van der Waals surface area contributed by atoms with Crippen molar-refractivity contribution in [3.8, 4) is 0 Å². The molecule has 0 aliphatic carbocycles. The van der Waals surface area contributed by atoms with E-state index in [0.717, 1.165) is 15.6 Å². The van der Waals surface area contributed by atoms with E-state index in [2.05, 4.69) is 21.2 Å². The quantitative estimate of drug-likeness (QED) is 0.604. The summed E-state index contributed by atoms with van der Waals surface area (Å²) in [6, 6.07) is 16.9. The van der Waals surface area contributed by atoms with E-state index in [0.29, 0.717) is 0 Å². The van der Waals surface area contributed by atoms with E-state index < -0.39 is 5.97 Å². The summed E-state index contributed by atoms with van der Waals surface area (Å²) in [5.41, 5.74) is 1.85. The zero-order valence-corrected chi connectivity index (χ0v) is 14.8. The van der Waals surface area contributed by atoms with Gasteiger partial charge in [0.1, 0.15) is 0 Å². The Morgan fingerprint density at radius 3 is 2.50 bits per heavy atom. The molecule has 1 N–H and O–H groups in total. The molecule has 0 unspecified atom stereocenters. The summed E-state index contributed by atoms with van der Waals surface area (Å²) in [5, 5.41) is 2.79. The smallest absolute Gasteiger partial charge is 0.331 e. The summed E-state index contributed by atoms with van der Waals surface area (Å²) in [7, 11) is 0. The van der Waals surface area contributed by atoms with Crippen LogP contribution in [-0.4, -0.2) is 18.5 Å². The third-order valence-electron chi connectivity index (χ3n) is 3.33. The van der Waals surface area contributed by atoms with Crippen LogP contribution in [0, 0.1) is 0 Å². The van der Waals surface area contributed by atoms with Gasteiger partial charge in [-0.15, -0.1) is 0 Å². The predicted octanol–water partition coefficient (Wildman–Crippen LogP) is 3.88. The van der Waals surface area contributed by atoms with Crippen LogP contribution >= 0.6 is 15.9 Å². The van der Waals surface area contributed by atoms with Gasteiger partial charge < -0.3 is 10.1 Å². The summed E-state index contributed by atoms with van der Waals surface area (Å²) in [4.78, 5) is 23.5. The maximum absolute atomic E-state index is 11.8. The summed E-state index contributed by atoms with van der Waals surface area (Å²) in [5.74, 6) is -0.901. The van der Waals surface area contributed by atoms with Gasteiger partial charge in [0.2, 0.25) is 0 Å². The number of carbonyl (C=O) groups is 2. The molecule has 24 heavy (non-hydrogen) atoms. The average molecular weight is 388 g/mol. The normalized spacial score (nSPS) is 11.9. The molecule has 1 atom stereocenters. The van der Waals surface area contributed by atoms with E-state index in [-0.39, 0.29) is 18.6 Å². The molecule has 0 aromatic heterocycles. The van der Waals surface area contributed by atoms with Crippen molar-refractivity contribution in [3.63, 3.8) is 0 Å². The molecule has 0 heterocycles. The lowest BCUT2D eigenvalue weighted by Gasteiger charge is -2.13. The Hall–Kier alpha value is -2.40. The molecule has 0 bridgehead atoms. The first-order chi connectivity index (χ1) is 11.6. The van der Waals surface area contributed by atoms with Gasteiger partial charge in [0, 0.05) is 10.5 Å². The zero-order chi connectivity index (χ0) is 17.4. The van der Waals surface area contributed by atoms with Crippen molar-refractivity contribution < 1.29 is 14.3 Å². The van der Waals surface area contributed by atoms with Gasteiger partial charge in [0.25, 0.3) is 5.91 Å². The monoisotopic (exact) mass is 387 g/mol. The summed E-state index contributed by atoms with van der Waals surface area (Å²) < 4.78 is 5.83. The van der Waals surface area contributed by atoms with Crippen LogP contribution in [-0.2, 0) is 14.3 Å². The van der Waals surface area contributed by atoms with Crippen molar-refractivity contribution >= 4 is 33.9 Å². The second-order valence-electron chi connectivity index (χ2n) is 5.16.